The molecule has 0 radical (unpaired) electrons. The molecule has 1 fully saturated rings. The lowest BCUT2D eigenvalue weighted by Crippen LogP contribution is -2.24. The predicted octanol–water partition coefficient (Wildman–Crippen LogP) is 3.64. The Balaban J connectivity index is 2.02. The van der Waals surface area contributed by atoms with Crippen LogP contribution >= 0.6 is 23.5 Å². The lowest BCUT2D eigenvalue weighted by atomic mass is 10.2. The van der Waals surface area contributed by atoms with Crippen molar-refractivity contribution in [3.8, 4) is 0 Å². The van der Waals surface area contributed by atoms with Crippen LogP contribution in [-0.2, 0) is 6.54 Å². The Hall–Kier alpha value is -0.0900. The summed E-state index contributed by atoms with van der Waals surface area (Å²) in [5, 5.41) is 0.797. The van der Waals surface area contributed by atoms with Gasteiger partial charge in [0.2, 0.25) is 0 Å². The van der Waals surface area contributed by atoms with E-state index in [-0.39, 0.29) is 0 Å². The number of aromatic nitrogens is 2. The van der Waals surface area contributed by atoms with Crippen LogP contribution in [0.2, 0.25) is 0 Å². The van der Waals surface area contributed by atoms with Crippen molar-refractivity contribution in [2.75, 3.05) is 5.75 Å². The lowest BCUT2D eigenvalue weighted by molar-refractivity contribution is 0.567. The molecule has 2 unspecified atom stereocenters. The van der Waals surface area contributed by atoms with Gasteiger partial charge in [-0.2, -0.15) is 0 Å². The first-order chi connectivity index (χ1) is 7.74. The third kappa shape index (κ3) is 2.98. The molecule has 2 nitrogen and oxygen atoms in total. The molecule has 2 heterocycles. The Morgan fingerprint density at radius 2 is 2.44 bits per heavy atom. The van der Waals surface area contributed by atoms with Gasteiger partial charge in [0, 0.05) is 29.9 Å². The Morgan fingerprint density at radius 3 is 3.00 bits per heavy atom. The number of hydrogen-bond donors (Lipinski definition) is 0. The first-order valence-electron chi connectivity index (χ1n) is 6.01. The summed E-state index contributed by atoms with van der Waals surface area (Å²) in [5.74, 6) is 1.29. The smallest absolute Gasteiger partial charge is 0.0946 e. The molecular weight excluding hydrogens is 236 g/mol. The van der Waals surface area contributed by atoms with Crippen LogP contribution in [0.25, 0.3) is 0 Å². The summed E-state index contributed by atoms with van der Waals surface area (Å²) in [6, 6.07) is 0. The Bertz CT molecular complexity index is 313. The average Bonchev–Trinajstić information content (AvgIpc) is 2.87. The molecule has 1 saturated heterocycles. The van der Waals surface area contributed by atoms with Crippen molar-refractivity contribution >= 4 is 23.5 Å². The van der Waals surface area contributed by atoms with Crippen molar-refractivity contribution in [3.05, 3.63) is 18.7 Å². The standard InChI is InChI=1S/C12H20N2S2/c1-3-4-5-12(15-8-11(2)16-12)9-14-7-6-13-10-14/h6-7,10-11H,3-5,8-9H2,1-2H3. The number of rotatable bonds is 5. The second-order valence-corrected chi connectivity index (χ2v) is 7.97. The Morgan fingerprint density at radius 1 is 1.56 bits per heavy atom. The quantitative estimate of drug-likeness (QED) is 0.801. The fraction of sp³-hybridized carbons (Fsp3) is 0.750. The van der Waals surface area contributed by atoms with E-state index < -0.39 is 0 Å². The van der Waals surface area contributed by atoms with Gasteiger partial charge in [0.15, 0.2) is 0 Å². The first kappa shape index (κ1) is 12.4. The van der Waals surface area contributed by atoms with Crippen molar-refractivity contribution in [1.82, 2.24) is 9.55 Å². The summed E-state index contributed by atoms with van der Waals surface area (Å²) in [6.45, 7) is 5.73. The average molecular weight is 256 g/mol. The maximum atomic E-state index is 4.14. The van der Waals surface area contributed by atoms with Crippen LogP contribution in [0.5, 0.6) is 0 Å². The minimum Gasteiger partial charge on any atom is -0.335 e. The van der Waals surface area contributed by atoms with Crippen LogP contribution in [-0.4, -0.2) is 24.6 Å². The van der Waals surface area contributed by atoms with E-state index in [2.05, 4.69) is 53.1 Å². The molecule has 1 aliphatic rings. The van der Waals surface area contributed by atoms with Gasteiger partial charge in [-0.3, -0.25) is 0 Å². The van der Waals surface area contributed by atoms with Crippen LogP contribution in [0.4, 0.5) is 0 Å². The Kier molecular flexibility index (Phi) is 4.25. The van der Waals surface area contributed by atoms with Crippen LogP contribution in [0, 0.1) is 0 Å². The predicted molar refractivity (Wildman–Crippen MR) is 74.0 cm³/mol. The molecule has 2 atom stereocenters. The van der Waals surface area contributed by atoms with E-state index in [0.717, 1.165) is 11.8 Å². The minimum absolute atomic E-state index is 0.399. The van der Waals surface area contributed by atoms with E-state index in [0.29, 0.717) is 4.08 Å². The molecule has 4 heteroatoms. The molecule has 1 aliphatic heterocycles. The van der Waals surface area contributed by atoms with Gasteiger partial charge in [0.1, 0.15) is 0 Å². The minimum atomic E-state index is 0.399. The summed E-state index contributed by atoms with van der Waals surface area (Å²) in [4.78, 5) is 4.14. The number of hydrogen-bond acceptors (Lipinski definition) is 3. The molecule has 1 aromatic heterocycles. The first-order valence-corrected chi connectivity index (χ1v) is 7.88. The van der Waals surface area contributed by atoms with E-state index in [1.54, 1.807) is 0 Å². The number of thioether (sulfide) groups is 2. The highest BCUT2D eigenvalue weighted by Gasteiger charge is 2.38. The van der Waals surface area contributed by atoms with Crippen LogP contribution in [0.3, 0.4) is 0 Å². The molecular formula is C12H20N2S2. The van der Waals surface area contributed by atoms with Crippen molar-refractivity contribution in [3.63, 3.8) is 0 Å². The zero-order valence-electron chi connectivity index (χ0n) is 10.1. The van der Waals surface area contributed by atoms with Gasteiger partial charge >= 0.3 is 0 Å². The molecule has 0 spiro atoms. The summed E-state index contributed by atoms with van der Waals surface area (Å²) in [6.07, 6.45) is 9.85. The molecule has 0 aliphatic carbocycles. The number of nitrogens with zero attached hydrogens (tertiary/aromatic N) is 2. The summed E-state index contributed by atoms with van der Waals surface area (Å²) in [5.41, 5.74) is 0. The van der Waals surface area contributed by atoms with Crippen molar-refractivity contribution in [2.45, 2.75) is 49.0 Å². The summed E-state index contributed by atoms with van der Waals surface area (Å²) < 4.78 is 2.63. The molecule has 0 N–H and O–H groups in total. The zero-order valence-corrected chi connectivity index (χ0v) is 11.7. The molecule has 16 heavy (non-hydrogen) atoms. The molecule has 1 aromatic rings. The normalized spacial score (nSPS) is 29.8. The maximum absolute atomic E-state index is 4.14. The van der Waals surface area contributed by atoms with E-state index in [1.165, 1.54) is 25.0 Å². The van der Waals surface area contributed by atoms with Gasteiger partial charge in [-0.05, 0) is 6.42 Å². The fourth-order valence-corrected chi connectivity index (χ4v) is 5.83. The van der Waals surface area contributed by atoms with E-state index in [9.17, 15) is 0 Å². The SMILES string of the molecule is CCCCC1(Cn2ccnc2)SCC(C)S1. The highest BCUT2D eigenvalue weighted by atomic mass is 32.2. The second-order valence-electron chi connectivity index (χ2n) is 4.49. The summed E-state index contributed by atoms with van der Waals surface area (Å²) >= 11 is 4.32. The largest absolute Gasteiger partial charge is 0.335 e. The Labute approximate surface area is 107 Å². The molecule has 0 amide bonds. The number of imidazole rings is 1. The molecule has 2 rings (SSSR count). The molecule has 0 bridgehead atoms. The van der Waals surface area contributed by atoms with Gasteiger partial charge in [0.05, 0.1) is 10.4 Å². The number of unbranched alkanes of at least 4 members (excludes halogenated alkanes) is 1. The van der Waals surface area contributed by atoms with Gasteiger partial charge in [-0.25, -0.2) is 4.98 Å². The van der Waals surface area contributed by atoms with Crippen LogP contribution < -0.4 is 0 Å². The van der Waals surface area contributed by atoms with E-state index in [4.69, 9.17) is 0 Å². The van der Waals surface area contributed by atoms with E-state index in [1.807, 2.05) is 12.5 Å². The van der Waals surface area contributed by atoms with Crippen LogP contribution in [0.1, 0.15) is 33.1 Å². The van der Waals surface area contributed by atoms with E-state index >= 15 is 0 Å². The summed E-state index contributed by atoms with van der Waals surface area (Å²) in [7, 11) is 0. The third-order valence-corrected chi connectivity index (χ3v) is 6.60. The third-order valence-electron chi connectivity index (χ3n) is 2.89. The van der Waals surface area contributed by atoms with Crippen LogP contribution in [0.15, 0.2) is 18.7 Å². The van der Waals surface area contributed by atoms with Gasteiger partial charge in [-0.15, -0.1) is 23.5 Å². The second kappa shape index (κ2) is 5.50. The fourth-order valence-electron chi connectivity index (χ4n) is 2.10. The highest BCUT2D eigenvalue weighted by molar-refractivity contribution is 8.21. The molecule has 90 valence electrons. The molecule has 0 saturated carbocycles. The molecule has 0 aromatic carbocycles. The van der Waals surface area contributed by atoms with Gasteiger partial charge in [0.25, 0.3) is 0 Å². The van der Waals surface area contributed by atoms with Gasteiger partial charge < -0.3 is 4.57 Å². The highest BCUT2D eigenvalue weighted by Crippen LogP contribution is 2.51. The lowest BCUT2D eigenvalue weighted by Gasteiger charge is -2.28. The van der Waals surface area contributed by atoms with Crippen molar-refractivity contribution < 1.29 is 0 Å². The monoisotopic (exact) mass is 256 g/mol. The van der Waals surface area contributed by atoms with Crippen molar-refractivity contribution in [2.24, 2.45) is 0 Å². The topological polar surface area (TPSA) is 17.8 Å². The van der Waals surface area contributed by atoms with Gasteiger partial charge in [-0.1, -0.05) is 26.7 Å². The maximum Gasteiger partial charge on any atom is 0.0946 e. The van der Waals surface area contributed by atoms with Crippen molar-refractivity contribution in [1.29, 1.82) is 0 Å². The zero-order chi connectivity index (χ0) is 11.4.